The number of nitrogens with one attached hydrogen (secondary N) is 1. The van der Waals surface area contributed by atoms with Crippen LogP contribution in [0.15, 0.2) is 36.7 Å². The number of hydrogen-bond acceptors (Lipinski definition) is 3. The van der Waals surface area contributed by atoms with Gasteiger partial charge in [-0.2, -0.15) is 0 Å². The summed E-state index contributed by atoms with van der Waals surface area (Å²) in [5, 5.41) is 12.9. The van der Waals surface area contributed by atoms with Crippen molar-refractivity contribution >= 4 is 0 Å². The minimum Gasteiger partial charge on any atom is -0.508 e. The second-order valence-electron chi connectivity index (χ2n) is 4.38. The molecule has 1 unspecified atom stereocenters. The van der Waals surface area contributed by atoms with Gasteiger partial charge in [0.1, 0.15) is 11.6 Å². The van der Waals surface area contributed by atoms with Gasteiger partial charge in [0.05, 0.1) is 6.04 Å². The van der Waals surface area contributed by atoms with Crippen molar-refractivity contribution in [1.29, 1.82) is 0 Å². The smallest absolute Gasteiger partial charge is 0.125 e. The number of benzene rings is 1. The van der Waals surface area contributed by atoms with Gasteiger partial charge in [-0.05, 0) is 30.7 Å². The lowest BCUT2D eigenvalue weighted by molar-refractivity contribution is 0.471. The first-order valence-corrected chi connectivity index (χ1v) is 6.19. The zero-order chi connectivity index (χ0) is 13.0. The van der Waals surface area contributed by atoms with Gasteiger partial charge in [-0.15, -0.1) is 0 Å². The van der Waals surface area contributed by atoms with Gasteiger partial charge in [-0.25, -0.2) is 4.98 Å². The molecule has 0 spiro atoms. The van der Waals surface area contributed by atoms with Crippen molar-refractivity contribution < 1.29 is 5.11 Å². The number of imidazole rings is 1. The highest BCUT2D eigenvalue weighted by Gasteiger charge is 2.15. The van der Waals surface area contributed by atoms with E-state index < -0.39 is 0 Å². The maximum absolute atomic E-state index is 9.50. The summed E-state index contributed by atoms with van der Waals surface area (Å²) < 4.78 is 2.02. The number of rotatable bonds is 5. The number of aromatic nitrogens is 2. The van der Waals surface area contributed by atoms with E-state index in [4.69, 9.17) is 0 Å². The van der Waals surface area contributed by atoms with E-state index in [1.54, 1.807) is 12.1 Å². The van der Waals surface area contributed by atoms with Crippen LogP contribution in [0, 0.1) is 0 Å². The van der Waals surface area contributed by atoms with Crippen molar-refractivity contribution in [2.24, 2.45) is 7.05 Å². The SMILES string of the molecule is CCNC(Cc1cccc(O)c1)c1nccn1C. The molecule has 0 aliphatic rings. The summed E-state index contributed by atoms with van der Waals surface area (Å²) in [6.07, 6.45) is 4.57. The number of hydrogen-bond donors (Lipinski definition) is 2. The van der Waals surface area contributed by atoms with Crippen LogP contribution in [0.3, 0.4) is 0 Å². The molecule has 2 aromatic rings. The summed E-state index contributed by atoms with van der Waals surface area (Å²) >= 11 is 0. The largest absolute Gasteiger partial charge is 0.508 e. The van der Waals surface area contributed by atoms with Gasteiger partial charge in [-0.3, -0.25) is 0 Å². The number of aryl methyl sites for hydroxylation is 1. The zero-order valence-corrected chi connectivity index (χ0v) is 10.8. The van der Waals surface area contributed by atoms with Crippen LogP contribution in [0.25, 0.3) is 0 Å². The quantitative estimate of drug-likeness (QED) is 0.847. The molecule has 4 heteroatoms. The van der Waals surface area contributed by atoms with Crippen molar-refractivity contribution in [2.75, 3.05) is 6.54 Å². The monoisotopic (exact) mass is 245 g/mol. The van der Waals surface area contributed by atoms with Crippen LogP contribution < -0.4 is 5.32 Å². The average Bonchev–Trinajstić information content (AvgIpc) is 2.75. The Kier molecular flexibility index (Phi) is 3.99. The van der Waals surface area contributed by atoms with Crippen molar-refractivity contribution in [1.82, 2.24) is 14.9 Å². The fourth-order valence-corrected chi connectivity index (χ4v) is 2.13. The van der Waals surface area contributed by atoms with E-state index >= 15 is 0 Å². The van der Waals surface area contributed by atoms with Crippen LogP contribution >= 0.6 is 0 Å². The third-order valence-corrected chi connectivity index (χ3v) is 2.97. The molecule has 1 aromatic heterocycles. The number of aromatic hydroxyl groups is 1. The Morgan fingerprint density at radius 3 is 2.89 bits per heavy atom. The Morgan fingerprint density at radius 2 is 2.28 bits per heavy atom. The van der Waals surface area contributed by atoms with Gasteiger partial charge >= 0.3 is 0 Å². The minimum atomic E-state index is 0.164. The highest BCUT2D eigenvalue weighted by molar-refractivity contribution is 5.28. The lowest BCUT2D eigenvalue weighted by Gasteiger charge is -2.17. The van der Waals surface area contributed by atoms with E-state index in [1.165, 1.54) is 0 Å². The number of phenolic OH excluding ortho intramolecular Hbond substituents is 1. The first kappa shape index (κ1) is 12.6. The number of likely N-dealkylation sites (N-methyl/N-ethyl adjacent to an activating group) is 1. The third-order valence-electron chi connectivity index (χ3n) is 2.97. The van der Waals surface area contributed by atoms with Crippen LogP contribution in [-0.4, -0.2) is 21.2 Å². The van der Waals surface area contributed by atoms with Crippen LogP contribution in [0.1, 0.15) is 24.4 Å². The molecule has 18 heavy (non-hydrogen) atoms. The van der Waals surface area contributed by atoms with Crippen molar-refractivity contribution in [3.63, 3.8) is 0 Å². The van der Waals surface area contributed by atoms with Crippen LogP contribution in [0.4, 0.5) is 0 Å². The van der Waals surface area contributed by atoms with Gasteiger partial charge in [-0.1, -0.05) is 19.1 Å². The van der Waals surface area contributed by atoms with Crippen LogP contribution in [0.5, 0.6) is 5.75 Å². The van der Waals surface area contributed by atoms with E-state index in [9.17, 15) is 5.11 Å². The molecule has 96 valence electrons. The topological polar surface area (TPSA) is 50.1 Å². The van der Waals surface area contributed by atoms with Gasteiger partial charge in [0, 0.05) is 19.4 Å². The molecule has 2 N–H and O–H groups in total. The summed E-state index contributed by atoms with van der Waals surface area (Å²) in [4.78, 5) is 4.39. The average molecular weight is 245 g/mol. The van der Waals surface area contributed by atoms with E-state index in [1.807, 2.05) is 36.1 Å². The molecule has 1 atom stereocenters. The Labute approximate surface area is 107 Å². The summed E-state index contributed by atoms with van der Waals surface area (Å²) in [6.45, 7) is 2.97. The van der Waals surface area contributed by atoms with Gasteiger partial charge in [0.15, 0.2) is 0 Å². The Hall–Kier alpha value is -1.81. The molecule has 0 aliphatic carbocycles. The summed E-state index contributed by atoms with van der Waals surface area (Å²) in [5.41, 5.74) is 1.10. The Balaban J connectivity index is 2.19. The Morgan fingerprint density at radius 1 is 1.44 bits per heavy atom. The molecule has 4 nitrogen and oxygen atoms in total. The molecule has 0 radical (unpaired) electrons. The second kappa shape index (κ2) is 5.69. The normalized spacial score (nSPS) is 12.6. The predicted octanol–water partition coefficient (Wildman–Crippen LogP) is 2.02. The van der Waals surface area contributed by atoms with Crippen molar-refractivity contribution in [3.8, 4) is 5.75 Å². The molecule has 0 saturated carbocycles. The van der Waals surface area contributed by atoms with Crippen LogP contribution in [-0.2, 0) is 13.5 Å². The third kappa shape index (κ3) is 2.90. The van der Waals surface area contributed by atoms with Gasteiger partial charge < -0.3 is 15.0 Å². The van der Waals surface area contributed by atoms with E-state index in [-0.39, 0.29) is 6.04 Å². The molecule has 1 heterocycles. The Bertz CT molecular complexity index is 507. The van der Waals surface area contributed by atoms with Gasteiger partial charge in [0.25, 0.3) is 0 Å². The van der Waals surface area contributed by atoms with E-state index in [0.29, 0.717) is 5.75 Å². The van der Waals surface area contributed by atoms with Crippen LogP contribution in [0.2, 0.25) is 0 Å². The standard InChI is InChI=1S/C14H19N3O/c1-3-15-13(14-16-7-8-17(14)2)10-11-5-4-6-12(18)9-11/h4-9,13,15,18H,3,10H2,1-2H3. The maximum Gasteiger partial charge on any atom is 0.125 e. The molecule has 0 saturated heterocycles. The fraction of sp³-hybridized carbons (Fsp3) is 0.357. The van der Waals surface area contributed by atoms with Crippen molar-refractivity contribution in [2.45, 2.75) is 19.4 Å². The highest BCUT2D eigenvalue weighted by atomic mass is 16.3. The summed E-state index contributed by atoms with van der Waals surface area (Å²) in [5.74, 6) is 1.32. The lowest BCUT2D eigenvalue weighted by atomic mass is 10.0. The molecule has 0 bridgehead atoms. The molecule has 0 fully saturated rings. The summed E-state index contributed by atoms with van der Waals surface area (Å²) in [7, 11) is 2.00. The molecule has 0 amide bonds. The van der Waals surface area contributed by atoms with Gasteiger partial charge in [0.2, 0.25) is 0 Å². The van der Waals surface area contributed by atoms with Crippen molar-refractivity contribution in [3.05, 3.63) is 48.0 Å². The molecule has 2 rings (SSSR count). The highest BCUT2D eigenvalue weighted by Crippen LogP contribution is 2.19. The minimum absolute atomic E-state index is 0.164. The zero-order valence-electron chi connectivity index (χ0n) is 10.8. The molecule has 1 aromatic carbocycles. The first-order chi connectivity index (χ1) is 8.70. The number of nitrogens with zero attached hydrogens (tertiary/aromatic N) is 2. The fourth-order valence-electron chi connectivity index (χ4n) is 2.13. The van der Waals surface area contributed by atoms with E-state index in [2.05, 4.69) is 17.2 Å². The van der Waals surface area contributed by atoms with E-state index in [0.717, 1.165) is 24.4 Å². The lowest BCUT2D eigenvalue weighted by Crippen LogP contribution is -2.25. The molecular weight excluding hydrogens is 226 g/mol. The molecular formula is C14H19N3O. The molecule has 0 aliphatic heterocycles. The number of phenols is 1. The second-order valence-corrected chi connectivity index (χ2v) is 4.38. The first-order valence-electron chi connectivity index (χ1n) is 6.19. The summed E-state index contributed by atoms with van der Waals surface area (Å²) in [6, 6.07) is 7.54. The maximum atomic E-state index is 9.50. The predicted molar refractivity (Wildman–Crippen MR) is 71.4 cm³/mol.